The van der Waals surface area contributed by atoms with Crippen molar-refractivity contribution < 1.29 is 19.1 Å². The van der Waals surface area contributed by atoms with Gasteiger partial charge in [0, 0.05) is 11.9 Å². The van der Waals surface area contributed by atoms with Gasteiger partial charge in [0.2, 0.25) is 5.91 Å². The molecule has 1 aromatic heterocycles. The van der Waals surface area contributed by atoms with E-state index in [0.29, 0.717) is 11.4 Å². The fourth-order valence-corrected chi connectivity index (χ4v) is 4.36. The van der Waals surface area contributed by atoms with Crippen LogP contribution in [0.3, 0.4) is 0 Å². The highest BCUT2D eigenvalue weighted by atomic mass is 32.1. The zero-order valence-corrected chi connectivity index (χ0v) is 19.7. The van der Waals surface area contributed by atoms with Crippen LogP contribution in [0, 0.1) is 0 Å². The summed E-state index contributed by atoms with van der Waals surface area (Å²) in [6.45, 7) is 0.00115. The van der Waals surface area contributed by atoms with E-state index in [2.05, 4.69) is 9.69 Å². The van der Waals surface area contributed by atoms with E-state index in [1.807, 2.05) is 42.5 Å². The van der Waals surface area contributed by atoms with Crippen LogP contribution in [0.5, 0.6) is 5.75 Å². The van der Waals surface area contributed by atoms with E-state index < -0.39 is 11.8 Å². The molecule has 0 unspecified atom stereocenters. The minimum atomic E-state index is -0.827. The molecule has 4 rings (SSSR count). The number of amides is 3. The first-order valence-corrected chi connectivity index (χ1v) is 11.4. The number of benzene rings is 3. The monoisotopic (exact) mass is 489 g/mol. The molecule has 0 saturated carbocycles. The second-order valence-corrected chi connectivity index (χ2v) is 8.43. The molecule has 1 heterocycles. The first kappa shape index (κ1) is 23.7. The molecule has 3 amide bonds. The van der Waals surface area contributed by atoms with Crippen LogP contribution in [0.1, 0.15) is 25.7 Å². The van der Waals surface area contributed by atoms with Gasteiger partial charge >= 0.3 is 0 Å². The van der Waals surface area contributed by atoms with Gasteiger partial charge in [0.25, 0.3) is 11.8 Å². The molecule has 0 spiro atoms. The van der Waals surface area contributed by atoms with E-state index in [0.717, 1.165) is 27.9 Å². The third-order valence-electron chi connectivity index (χ3n) is 5.41. The molecule has 0 aliphatic carbocycles. The number of fused-ring (bicyclic) bond motifs is 1. The molecule has 10 heteroatoms. The van der Waals surface area contributed by atoms with Gasteiger partial charge < -0.3 is 21.5 Å². The molecule has 0 saturated heterocycles. The van der Waals surface area contributed by atoms with Gasteiger partial charge in [-0.1, -0.05) is 48.5 Å². The highest BCUT2D eigenvalue weighted by molar-refractivity contribution is 7.09. The highest BCUT2D eigenvalue weighted by Crippen LogP contribution is 2.30. The van der Waals surface area contributed by atoms with Gasteiger partial charge in [-0.25, -0.2) is 0 Å². The zero-order chi connectivity index (χ0) is 24.9. The topological polar surface area (TPSA) is 141 Å². The first-order valence-electron chi connectivity index (χ1n) is 10.6. The smallest absolute Gasteiger partial charge is 0.272 e. The molecule has 0 aliphatic rings. The number of nitrogen functional groups attached to an aromatic ring is 1. The molecular formula is C25H23N5O4S. The van der Waals surface area contributed by atoms with Gasteiger partial charge in [0.05, 0.1) is 18.5 Å². The summed E-state index contributed by atoms with van der Waals surface area (Å²) in [5, 5.41) is 4.52. The van der Waals surface area contributed by atoms with Crippen molar-refractivity contribution in [3.63, 3.8) is 0 Å². The Balaban J connectivity index is 1.64. The number of methoxy groups -OCH3 is 1. The number of carbonyl (C=O) groups is 3. The minimum Gasteiger partial charge on any atom is -0.497 e. The van der Waals surface area contributed by atoms with Crippen molar-refractivity contribution in [1.29, 1.82) is 0 Å². The van der Waals surface area contributed by atoms with Crippen LogP contribution in [0.2, 0.25) is 0 Å². The number of carbonyl (C=O) groups excluding carboxylic acids is 3. The molecule has 3 aromatic carbocycles. The lowest BCUT2D eigenvalue weighted by atomic mass is 10.1. The average Bonchev–Trinajstić information content (AvgIpc) is 3.27. The van der Waals surface area contributed by atoms with Crippen LogP contribution in [-0.2, 0) is 11.3 Å². The van der Waals surface area contributed by atoms with Crippen molar-refractivity contribution in [2.45, 2.75) is 6.54 Å². The lowest BCUT2D eigenvalue weighted by molar-refractivity contribution is -0.119. The van der Waals surface area contributed by atoms with Crippen molar-refractivity contribution >= 4 is 51.4 Å². The summed E-state index contributed by atoms with van der Waals surface area (Å²) in [4.78, 5) is 39.5. The summed E-state index contributed by atoms with van der Waals surface area (Å²) < 4.78 is 9.08. The number of anilines is 2. The van der Waals surface area contributed by atoms with Crippen molar-refractivity contribution in [2.75, 3.05) is 24.3 Å². The summed E-state index contributed by atoms with van der Waals surface area (Å²) in [5.41, 5.74) is 12.5. The molecule has 5 N–H and O–H groups in total. The molecule has 0 atom stereocenters. The normalized spacial score (nSPS) is 10.7. The average molecular weight is 490 g/mol. The number of rotatable bonds is 8. The standard InChI is InChI=1S/C25H23N5O4S/c1-34-17-11-9-15(10-12-17)13-28-20(31)14-30(19-8-4-6-16-5-2-3-7-18(16)19)25(33)23-21(26)22(24(27)32)29-35-23/h2-12H,13-14,26H2,1H3,(H2,27,32)(H,28,31). The Bertz CT molecular complexity index is 1400. The maximum absolute atomic E-state index is 13.6. The van der Waals surface area contributed by atoms with Gasteiger partial charge in [-0.3, -0.25) is 19.3 Å². The summed E-state index contributed by atoms with van der Waals surface area (Å²) in [6, 6.07) is 20.3. The Kier molecular flexibility index (Phi) is 6.93. The summed E-state index contributed by atoms with van der Waals surface area (Å²) in [7, 11) is 1.58. The largest absolute Gasteiger partial charge is 0.497 e. The molecule has 0 bridgehead atoms. The van der Waals surface area contributed by atoms with Crippen LogP contribution in [0.25, 0.3) is 10.8 Å². The second kappa shape index (κ2) is 10.2. The van der Waals surface area contributed by atoms with Crippen LogP contribution >= 0.6 is 11.5 Å². The van der Waals surface area contributed by atoms with Gasteiger partial charge in [-0.05, 0) is 40.7 Å². The quantitative estimate of drug-likeness (QED) is 0.348. The van der Waals surface area contributed by atoms with Crippen molar-refractivity contribution in [2.24, 2.45) is 5.73 Å². The van der Waals surface area contributed by atoms with E-state index >= 15 is 0 Å². The lowest BCUT2D eigenvalue weighted by Gasteiger charge is -2.23. The minimum absolute atomic E-state index is 0.0367. The first-order chi connectivity index (χ1) is 16.9. The summed E-state index contributed by atoms with van der Waals surface area (Å²) in [5.74, 6) is -1.04. The van der Waals surface area contributed by atoms with Crippen molar-refractivity contribution in [3.8, 4) is 5.75 Å². The molecule has 178 valence electrons. The van der Waals surface area contributed by atoms with E-state index in [9.17, 15) is 14.4 Å². The molecule has 4 aromatic rings. The Morgan fingerprint density at radius 2 is 1.74 bits per heavy atom. The Morgan fingerprint density at radius 3 is 2.43 bits per heavy atom. The zero-order valence-electron chi connectivity index (χ0n) is 18.9. The fourth-order valence-electron chi connectivity index (χ4n) is 3.61. The van der Waals surface area contributed by atoms with Crippen LogP contribution in [0.15, 0.2) is 66.7 Å². The Morgan fingerprint density at radius 1 is 1.03 bits per heavy atom. The number of hydrogen-bond acceptors (Lipinski definition) is 7. The molecule has 35 heavy (non-hydrogen) atoms. The molecule has 9 nitrogen and oxygen atoms in total. The maximum Gasteiger partial charge on any atom is 0.272 e. The predicted molar refractivity (Wildman–Crippen MR) is 136 cm³/mol. The fraction of sp³-hybridized carbons (Fsp3) is 0.120. The predicted octanol–water partition coefficient (Wildman–Crippen LogP) is 2.95. The Labute approximate surface area is 205 Å². The Hall–Kier alpha value is -4.44. The highest BCUT2D eigenvalue weighted by Gasteiger charge is 2.28. The van der Waals surface area contributed by atoms with Crippen molar-refractivity contribution in [1.82, 2.24) is 9.69 Å². The number of nitrogens with two attached hydrogens (primary N) is 2. The lowest BCUT2D eigenvalue weighted by Crippen LogP contribution is -2.40. The van der Waals surface area contributed by atoms with Crippen molar-refractivity contribution in [3.05, 3.63) is 82.9 Å². The molecule has 0 aliphatic heterocycles. The van der Waals surface area contributed by atoms with Gasteiger partial charge in [0.1, 0.15) is 17.2 Å². The van der Waals surface area contributed by atoms with E-state index in [1.54, 1.807) is 31.4 Å². The molecular weight excluding hydrogens is 466 g/mol. The van der Waals surface area contributed by atoms with E-state index in [1.165, 1.54) is 4.90 Å². The van der Waals surface area contributed by atoms with Gasteiger partial charge in [-0.15, -0.1) is 0 Å². The van der Waals surface area contributed by atoms with Gasteiger partial charge in [-0.2, -0.15) is 4.37 Å². The number of aromatic nitrogens is 1. The SMILES string of the molecule is COc1ccc(CNC(=O)CN(C(=O)c2snc(C(N)=O)c2N)c2cccc3ccccc23)cc1. The van der Waals surface area contributed by atoms with E-state index in [4.69, 9.17) is 16.2 Å². The number of primary amides is 1. The number of hydrogen-bond donors (Lipinski definition) is 3. The third kappa shape index (κ3) is 5.07. The number of nitrogens with one attached hydrogen (secondary N) is 1. The molecule has 0 radical (unpaired) electrons. The number of nitrogens with zero attached hydrogens (tertiary/aromatic N) is 2. The summed E-state index contributed by atoms with van der Waals surface area (Å²) in [6.07, 6.45) is 0. The summed E-state index contributed by atoms with van der Waals surface area (Å²) >= 11 is 0.771. The second-order valence-electron chi connectivity index (χ2n) is 7.65. The van der Waals surface area contributed by atoms with Crippen LogP contribution in [-0.4, -0.2) is 35.7 Å². The van der Waals surface area contributed by atoms with Crippen LogP contribution in [0.4, 0.5) is 11.4 Å². The van der Waals surface area contributed by atoms with Gasteiger partial charge in [0.15, 0.2) is 5.69 Å². The maximum atomic E-state index is 13.6. The van der Waals surface area contributed by atoms with E-state index in [-0.39, 0.29) is 35.3 Å². The number of ether oxygens (including phenoxy) is 1. The third-order valence-corrected chi connectivity index (χ3v) is 6.26. The van der Waals surface area contributed by atoms with Crippen LogP contribution < -0.4 is 26.4 Å². The molecule has 0 fully saturated rings.